The van der Waals surface area contributed by atoms with E-state index < -0.39 is 11.8 Å². The first kappa shape index (κ1) is 21.5. The van der Waals surface area contributed by atoms with Gasteiger partial charge >= 0.3 is 5.97 Å². The minimum absolute atomic E-state index is 0.336. The maximum absolute atomic E-state index is 13.7. The fraction of sp³-hybridized carbons (Fsp3) is 0.0800. The second kappa shape index (κ2) is 9.16. The maximum atomic E-state index is 13.7. The Morgan fingerprint density at radius 2 is 1.84 bits per heavy atom. The van der Waals surface area contributed by atoms with Gasteiger partial charge in [0.25, 0.3) is 0 Å². The normalized spacial score (nSPS) is 12.3. The molecule has 4 aromatic rings. The monoisotopic (exact) mass is 447 g/mol. The van der Waals surface area contributed by atoms with Crippen molar-refractivity contribution in [3.8, 4) is 0 Å². The average Bonchev–Trinajstić information content (AvgIpc) is 3.25. The number of H-pyrrole nitrogens is 1. The predicted octanol–water partition coefficient (Wildman–Crippen LogP) is 6.22. The number of hydrogen-bond acceptors (Lipinski definition) is 3. The van der Waals surface area contributed by atoms with Crippen molar-refractivity contribution in [2.24, 2.45) is 0 Å². The van der Waals surface area contributed by atoms with Crippen molar-refractivity contribution in [3.05, 3.63) is 99.8 Å². The van der Waals surface area contributed by atoms with Crippen LogP contribution in [0, 0.1) is 5.82 Å². The molecule has 2 N–H and O–H groups in total. The maximum Gasteiger partial charge on any atom is 0.328 e. The summed E-state index contributed by atoms with van der Waals surface area (Å²) in [6.45, 7) is 2.02. The van der Waals surface area contributed by atoms with Crippen LogP contribution in [0.1, 0.15) is 35.6 Å². The zero-order valence-corrected chi connectivity index (χ0v) is 17.9. The molecule has 0 aliphatic rings. The van der Waals surface area contributed by atoms with Gasteiger partial charge in [-0.05, 0) is 70.2 Å². The van der Waals surface area contributed by atoms with Crippen LogP contribution < -0.4 is 0 Å². The van der Waals surface area contributed by atoms with Crippen LogP contribution >= 0.6 is 11.6 Å². The number of aromatic amines is 1. The molecule has 0 aliphatic carbocycles. The Balaban J connectivity index is 1.93. The summed E-state index contributed by atoms with van der Waals surface area (Å²) in [5.74, 6) is -1.40. The number of halogens is 2. The molecule has 32 heavy (non-hydrogen) atoms. The molecule has 1 aromatic heterocycles. The van der Waals surface area contributed by atoms with E-state index in [9.17, 15) is 9.18 Å². The highest BCUT2D eigenvalue weighted by Crippen LogP contribution is 2.38. The Bertz CT molecular complexity index is 1360. The van der Waals surface area contributed by atoms with E-state index >= 15 is 0 Å². The summed E-state index contributed by atoms with van der Waals surface area (Å²) in [6, 6.07) is 17.8. The lowest BCUT2D eigenvalue weighted by atomic mass is 9.87. The van der Waals surface area contributed by atoms with Crippen LogP contribution in [0.25, 0.3) is 28.3 Å². The summed E-state index contributed by atoms with van der Waals surface area (Å²) in [7, 11) is 0. The summed E-state index contributed by atoms with van der Waals surface area (Å²) >= 11 is 6.43. The van der Waals surface area contributed by atoms with E-state index in [1.54, 1.807) is 6.07 Å². The van der Waals surface area contributed by atoms with Gasteiger partial charge in [-0.2, -0.15) is 0 Å². The number of carboxylic acid groups (broad SMARTS) is 1. The van der Waals surface area contributed by atoms with E-state index in [4.69, 9.17) is 16.7 Å². The fourth-order valence-corrected chi connectivity index (χ4v) is 3.96. The summed E-state index contributed by atoms with van der Waals surface area (Å²) in [5, 5.41) is 20.0. The van der Waals surface area contributed by atoms with Gasteiger partial charge in [0.2, 0.25) is 0 Å². The second-order valence-corrected chi connectivity index (χ2v) is 7.58. The van der Waals surface area contributed by atoms with Gasteiger partial charge in [-0.1, -0.05) is 60.1 Å². The highest BCUT2D eigenvalue weighted by Gasteiger charge is 2.16. The van der Waals surface area contributed by atoms with Crippen molar-refractivity contribution in [2.45, 2.75) is 13.3 Å². The van der Waals surface area contributed by atoms with Crippen molar-refractivity contribution >= 4 is 45.8 Å². The van der Waals surface area contributed by atoms with Crippen LogP contribution in [0.2, 0.25) is 5.02 Å². The largest absolute Gasteiger partial charge is 0.478 e. The minimum Gasteiger partial charge on any atom is -0.478 e. The molecule has 0 unspecified atom stereocenters. The van der Waals surface area contributed by atoms with E-state index in [1.165, 1.54) is 18.2 Å². The second-order valence-electron chi connectivity index (χ2n) is 7.17. The molecule has 0 saturated heterocycles. The van der Waals surface area contributed by atoms with Gasteiger partial charge in [0.1, 0.15) is 11.3 Å². The standard InChI is InChI=1S/C25H19ClFN3O2/c1-2-19(20-10-9-18(27)14-21(20)26)25(17-8-11-22-23(13-17)29-30-28-22)16-6-3-15(4-7-16)5-12-24(31)32/h3-14H,2H2,1H3,(H,31,32)(H,28,29,30)/b12-5+,25-19+. The number of benzene rings is 3. The molecule has 160 valence electrons. The number of hydrogen-bond donors (Lipinski definition) is 2. The zero-order valence-electron chi connectivity index (χ0n) is 17.1. The first-order valence-corrected chi connectivity index (χ1v) is 10.3. The molecule has 0 spiro atoms. The van der Waals surface area contributed by atoms with E-state index in [0.717, 1.165) is 50.5 Å². The highest BCUT2D eigenvalue weighted by molar-refractivity contribution is 6.32. The lowest BCUT2D eigenvalue weighted by molar-refractivity contribution is -0.131. The molecule has 7 heteroatoms. The number of carbonyl (C=O) groups is 1. The topological polar surface area (TPSA) is 78.9 Å². The van der Waals surface area contributed by atoms with Crippen LogP contribution in [-0.2, 0) is 4.79 Å². The highest BCUT2D eigenvalue weighted by atomic mass is 35.5. The molecule has 0 radical (unpaired) electrons. The van der Waals surface area contributed by atoms with Crippen molar-refractivity contribution < 1.29 is 14.3 Å². The average molecular weight is 448 g/mol. The number of allylic oxidation sites excluding steroid dienone is 1. The van der Waals surface area contributed by atoms with Crippen LogP contribution in [0.3, 0.4) is 0 Å². The number of aliphatic carboxylic acids is 1. The number of nitrogens with zero attached hydrogens (tertiary/aromatic N) is 2. The molecular formula is C25H19ClFN3O2. The Kier molecular flexibility index (Phi) is 6.14. The molecule has 0 saturated carbocycles. The fourth-order valence-electron chi connectivity index (χ4n) is 3.68. The van der Waals surface area contributed by atoms with E-state index in [0.29, 0.717) is 11.4 Å². The smallest absolute Gasteiger partial charge is 0.328 e. The van der Waals surface area contributed by atoms with E-state index in [-0.39, 0.29) is 0 Å². The molecule has 5 nitrogen and oxygen atoms in total. The molecule has 4 rings (SSSR count). The van der Waals surface area contributed by atoms with Crippen LogP contribution in [0.4, 0.5) is 4.39 Å². The van der Waals surface area contributed by atoms with Gasteiger partial charge < -0.3 is 5.11 Å². The first-order chi connectivity index (χ1) is 15.5. The summed E-state index contributed by atoms with van der Waals surface area (Å²) in [5.41, 5.74) is 6.77. The zero-order chi connectivity index (χ0) is 22.7. The molecule has 1 heterocycles. The lowest BCUT2D eigenvalue weighted by Crippen LogP contribution is -1.97. The third-order valence-corrected chi connectivity index (χ3v) is 5.46. The molecule has 0 fully saturated rings. The SMILES string of the molecule is CC/C(=C(/c1ccc(/C=C/C(=O)O)cc1)c1ccc2[nH]nnc2c1)c1ccc(F)cc1Cl. The Morgan fingerprint density at radius 1 is 1.09 bits per heavy atom. The molecule has 0 atom stereocenters. The van der Waals surface area contributed by atoms with Gasteiger partial charge in [-0.3, -0.25) is 5.10 Å². The third kappa shape index (κ3) is 4.45. The third-order valence-electron chi connectivity index (χ3n) is 5.14. The minimum atomic E-state index is -1.00. The Morgan fingerprint density at radius 3 is 2.53 bits per heavy atom. The van der Waals surface area contributed by atoms with Gasteiger partial charge in [0.15, 0.2) is 0 Å². The molecule has 0 amide bonds. The number of carboxylic acids is 1. The van der Waals surface area contributed by atoms with Crippen LogP contribution in [-0.4, -0.2) is 26.5 Å². The molecule has 0 aliphatic heterocycles. The molecular weight excluding hydrogens is 429 g/mol. The van der Waals surface area contributed by atoms with Gasteiger partial charge in [0, 0.05) is 6.08 Å². The number of fused-ring (bicyclic) bond motifs is 1. The van der Waals surface area contributed by atoms with Crippen LogP contribution in [0.15, 0.2) is 66.7 Å². The van der Waals surface area contributed by atoms with Crippen molar-refractivity contribution in [1.82, 2.24) is 15.4 Å². The summed E-state index contributed by atoms with van der Waals surface area (Å²) in [6.07, 6.45) is 3.28. The number of aromatic nitrogens is 3. The van der Waals surface area contributed by atoms with E-state index in [2.05, 4.69) is 15.4 Å². The van der Waals surface area contributed by atoms with Gasteiger partial charge in [0.05, 0.1) is 10.5 Å². The van der Waals surface area contributed by atoms with Crippen molar-refractivity contribution in [3.63, 3.8) is 0 Å². The van der Waals surface area contributed by atoms with Crippen LogP contribution in [0.5, 0.6) is 0 Å². The molecule has 3 aromatic carbocycles. The van der Waals surface area contributed by atoms with Gasteiger partial charge in [-0.15, -0.1) is 5.10 Å². The summed E-state index contributed by atoms with van der Waals surface area (Å²) in [4.78, 5) is 10.8. The Labute approximate surface area is 188 Å². The lowest BCUT2D eigenvalue weighted by Gasteiger charge is -2.17. The van der Waals surface area contributed by atoms with Crippen molar-refractivity contribution in [2.75, 3.05) is 0 Å². The number of nitrogens with one attached hydrogen (secondary N) is 1. The summed E-state index contributed by atoms with van der Waals surface area (Å²) < 4.78 is 13.7. The first-order valence-electron chi connectivity index (χ1n) is 9.97. The molecule has 0 bridgehead atoms. The predicted molar refractivity (Wildman–Crippen MR) is 125 cm³/mol. The van der Waals surface area contributed by atoms with E-state index in [1.807, 2.05) is 49.4 Å². The quantitative estimate of drug-likeness (QED) is 0.272. The Hall–Kier alpha value is -3.77. The number of rotatable bonds is 6. The van der Waals surface area contributed by atoms with Crippen molar-refractivity contribution in [1.29, 1.82) is 0 Å². The van der Waals surface area contributed by atoms with Gasteiger partial charge in [-0.25, -0.2) is 9.18 Å².